The van der Waals surface area contributed by atoms with Gasteiger partial charge in [-0.2, -0.15) is 0 Å². The summed E-state index contributed by atoms with van der Waals surface area (Å²) in [4.78, 5) is 4.60. The topological polar surface area (TPSA) is 12.9 Å². The molecule has 0 spiro atoms. The average Bonchev–Trinajstić information content (AvgIpc) is 2.46. The Kier molecular flexibility index (Phi) is 3.34. The van der Waals surface area contributed by atoms with E-state index in [1.54, 1.807) is 0 Å². The van der Waals surface area contributed by atoms with Crippen LogP contribution in [-0.4, -0.2) is 4.98 Å². The fourth-order valence-electron chi connectivity index (χ4n) is 2.47. The number of benzene rings is 2. The second kappa shape index (κ2) is 5.14. The fraction of sp³-hybridized carbons (Fsp3) is 0.118. The summed E-state index contributed by atoms with van der Waals surface area (Å²) in [6.45, 7) is 2.20. The molecule has 1 heterocycles. The zero-order chi connectivity index (χ0) is 13.2. The first-order chi connectivity index (χ1) is 9.29. The van der Waals surface area contributed by atoms with Gasteiger partial charge in [-0.1, -0.05) is 59.3 Å². The van der Waals surface area contributed by atoms with Gasteiger partial charge in [0.1, 0.15) is 0 Å². The molecular formula is C17H14BrN. The number of aromatic nitrogens is 1. The summed E-state index contributed by atoms with van der Waals surface area (Å²) in [6, 6.07) is 16.8. The SMILES string of the molecule is CCc1c(-c2ccccc2)cnc2cc(Br)ccc12. The maximum atomic E-state index is 4.60. The second-order valence-electron chi connectivity index (χ2n) is 4.53. The summed E-state index contributed by atoms with van der Waals surface area (Å²) in [7, 11) is 0. The number of pyridine rings is 1. The Balaban J connectivity index is 2.30. The minimum absolute atomic E-state index is 1.00. The molecular weight excluding hydrogens is 298 g/mol. The minimum Gasteiger partial charge on any atom is -0.256 e. The Morgan fingerprint density at radius 3 is 2.58 bits per heavy atom. The molecule has 1 aromatic heterocycles. The molecule has 0 aliphatic rings. The van der Waals surface area contributed by atoms with E-state index in [1.807, 2.05) is 12.3 Å². The Morgan fingerprint density at radius 2 is 1.84 bits per heavy atom. The van der Waals surface area contributed by atoms with Gasteiger partial charge in [-0.25, -0.2) is 0 Å². The maximum Gasteiger partial charge on any atom is 0.0716 e. The van der Waals surface area contributed by atoms with Crippen LogP contribution in [0.2, 0.25) is 0 Å². The van der Waals surface area contributed by atoms with E-state index in [0.29, 0.717) is 0 Å². The van der Waals surface area contributed by atoms with E-state index in [9.17, 15) is 0 Å². The van der Waals surface area contributed by atoms with Crippen molar-refractivity contribution in [1.82, 2.24) is 4.98 Å². The van der Waals surface area contributed by atoms with Crippen LogP contribution in [0.3, 0.4) is 0 Å². The van der Waals surface area contributed by atoms with Crippen molar-refractivity contribution in [2.24, 2.45) is 0 Å². The summed E-state index contributed by atoms with van der Waals surface area (Å²) >= 11 is 3.50. The monoisotopic (exact) mass is 311 g/mol. The van der Waals surface area contributed by atoms with Crippen LogP contribution in [0.25, 0.3) is 22.0 Å². The lowest BCUT2D eigenvalue weighted by atomic mass is 9.96. The highest BCUT2D eigenvalue weighted by molar-refractivity contribution is 9.10. The number of fused-ring (bicyclic) bond motifs is 1. The molecule has 0 radical (unpaired) electrons. The van der Waals surface area contributed by atoms with Gasteiger partial charge in [-0.15, -0.1) is 0 Å². The third-order valence-electron chi connectivity index (χ3n) is 3.38. The zero-order valence-corrected chi connectivity index (χ0v) is 12.3. The molecule has 2 heteroatoms. The Morgan fingerprint density at radius 1 is 1.05 bits per heavy atom. The molecule has 19 heavy (non-hydrogen) atoms. The molecule has 1 nitrogen and oxygen atoms in total. The van der Waals surface area contributed by atoms with Gasteiger partial charge in [0.15, 0.2) is 0 Å². The minimum atomic E-state index is 1.00. The van der Waals surface area contributed by atoms with Gasteiger partial charge in [0.05, 0.1) is 5.52 Å². The van der Waals surface area contributed by atoms with E-state index in [1.165, 1.54) is 22.1 Å². The standard InChI is InChI=1S/C17H14BrN/c1-2-14-15-9-8-13(18)10-17(15)19-11-16(14)12-6-4-3-5-7-12/h3-11H,2H2,1H3. The molecule has 0 atom stereocenters. The Bertz CT molecular complexity index is 720. The van der Waals surface area contributed by atoms with Crippen molar-refractivity contribution in [1.29, 1.82) is 0 Å². The maximum absolute atomic E-state index is 4.60. The van der Waals surface area contributed by atoms with E-state index in [4.69, 9.17) is 0 Å². The van der Waals surface area contributed by atoms with Crippen molar-refractivity contribution in [3.8, 4) is 11.1 Å². The van der Waals surface area contributed by atoms with Crippen LogP contribution in [0.4, 0.5) is 0 Å². The summed E-state index contributed by atoms with van der Waals surface area (Å²) in [5.41, 5.74) is 4.88. The first-order valence-corrected chi connectivity index (χ1v) is 7.21. The summed E-state index contributed by atoms with van der Waals surface area (Å²) in [6.07, 6.45) is 2.99. The zero-order valence-electron chi connectivity index (χ0n) is 10.7. The predicted octanol–water partition coefficient (Wildman–Crippen LogP) is 5.23. The van der Waals surface area contributed by atoms with Crippen LogP contribution in [-0.2, 0) is 6.42 Å². The van der Waals surface area contributed by atoms with Gasteiger partial charge >= 0.3 is 0 Å². The molecule has 0 saturated carbocycles. The molecule has 0 unspecified atom stereocenters. The van der Waals surface area contributed by atoms with E-state index in [0.717, 1.165) is 16.4 Å². The second-order valence-corrected chi connectivity index (χ2v) is 5.45. The highest BCUT2D eigenvalue weighted by Crippen LogP contribution is 2.30. The molecule has 0 aliphatic heterocycles. The Hall–Kier alpha value is -1.67. The van der Waals surface area contributed by atoms with Gasteiger partial charge in [-0.3, -0.25) is 4.98 Å². The number of hydrogen-bond donors (Lipinski definition) is 0. The van der Waals surface area contributed by atoms with Gasteiger partial charge in [0, 0.05) is 21.6 Å². The average molecular weight is 312 g/mol. The van der Waals surface area contributed by atoms with Crippen molar-refractivity contribution >= 4 is 26.8 Å². The summed E-state index contributed by atoms with van der Waals surface area (Å²) in [5, 5.41) is 1.24. The normalized spacial score (nSPS) is 10.8. The lowest BCUT2D eigenvalue weighted by molar-refractivity contribution is 1.15. The van der Waals surface area contributed by atoms with Crippen molar-refractivity contribution < 1.29 is 0 Å². The number of nitrogens with zero attached hydrogens (tertiary/aromatic N) is 1. The van der Waals surface area contributed by atoms with Gasteiger partial charge in [-0.05, 0) is 29.7 Å². The lowest BCUT2D eigenvalue weighted by Gasteiger charge is -2.11. The fourth-order valence-corrected chi connectivity index (χ4v) is 2.82. The van der Waals surface area contributed by atoms with Crippen molar-refractivity contribution in [2.45, 2.75) is 13.3 Å². The Labute approximate surface area is 121 Å². The number of halogens is 1. The highest BCUT2D eigenvalue weighted by atomic mass is 79.9. The van der Waals surface area contributed by atoms with E-state index in [2.05, 4.69) is 70.3 Å². The van der Waals surface area contributed by atoms with Crippen LogP contribution in [0.1, 0.15) is 12.5 Å². The van der Waals surface area contributed by atoms with Crippen molar-refractivity contribution in [3.63, 3.8) is 0 Å². The first kappa shape index (κ1) is 12.4. The molecule has 2 aromatic carbocycles. The van der Waals surface area contributed by atoms with Gasteiger partial charge in [0.25, 0.3) is 0 Å². The molecule has 3 rings (SSSR count). The van der Waals surface area contributed by atoms with Gasteiger partial charge in [0.2, 0.25) is 0 Å². The number of aryl methyl sites for hydroxylation is 1. The molecule has 0 amide bonds. The molecule has 94 valence electrons. The van der Waals surface area contributed by atoms with E-state index < -0.39 is 0 Å². The highest BCUT2D eigenvalue weighted by Gasteiger charge is 2.09. The van der Waals surface area contributed by atoms with Crippen LogP contribution in [0.5, 0.6) is 0 Å². The quantitative estimate of drug-likeness (QED) is 0.631. The molecule has 0 fully saturated rings. The van der Waals surface area contributed by atoms with Crippen molar-refractivity contribution in [3.05, 3.63) is 64.8 Å². The van der Waals surface area contributed by atoms with E-state index in [-0.39, 0.29) is 0 Å². The lowest BCUT2D eigenvalue weighted by Crippen LogP contribution is -1.92. The third kappa shape index (κ3) is 2.28. The smallest absolute Gasteiger partial charge is 0.0716 e. The van der Waals surface area contributed by atoms with E-state index >= 15 is 0 Å². The number of hydrogen-bond acceptors (Lipinski definition) is 1. The molecule has 0 saturated heterocycles. The predicted molar refractivity (Wildman–Crippen MR) is 84.3 cm³/mol. The largest absolute Gasteiger partial charge is 0.256 e. The molecule has 0 N–H and O–H groups in total. The third-order valence-corrected chi connectivity index (χ3v) is 3.87. The van der Waals surface area contributed by atoms with Gasteiger partial charge < -0.3 is 0 Å². The van der Waals surface area contributed by atoms with Crippen LogP contribution >= 0.6 is 15.9 Å². The molecule has 0 bridgehead atoms. The summed E-state index contributed by atoms with van der Waals surface area (Å²) in [5.74, 6) is 0. The molecule has 0 aliphatic carbocycles. The van der Waals surface area contributed by atoms with Crippen molar-refractivity contribution in [2.75, 3.05) is 0 Å². The summed E-state index contributed by atoms with van der Waals surface area (Å²) < 4.78 is 1.07. The molecule has 3 aromatic rings. The van der Waals surface area contributed by atoms with Crippen LogP contribution in [0.15, 0.2) is 59.2 Å². The van der Waals surface area contributed by atoms with Crippen LogP contribution < -0.4 is 0 Å². The first-order valence-electron chi connectivity index (χ1n) is 6.42. The van der Waals surface area contributed by atoms with Crippen LogP contribution in [0, 0.1) is 0 Å². The number of rotatable bonds is 2.